The zero-order valence-corrected chi connectivity index (χ0v) is 27.0. The Kier molecular flexibility index (Phi) is 33.1. The Morgan fingerprint density at radius 3 is 1.10 bits per heavy atom. The number of amides is 1. The van der Waals surface area contributed by atoms with Gasteiger partial charge in [0.2, 0.25) is 5.91 Å². The highest BCUT2D eigenvalue weighted by Gasteiger charge is 2.11. The van der Waals surface area contributed by atoms with Crippen molar-refractivity contribution in [3.63, 3.8) is 0 Å². The van der Waals surface area contributed by atoms with Gasteiger partial charge in [-0.05, 0) is 12.8 Å². The van der Waals surface area contributed by atoms with E-state index in [0.717, 1.165) is 26.1 Å². The highest BCUT2D eigenvalue weighted by molar-refractivity contribution is 5.75. The van der Waals surface area contributed by atoms with Crippen LogP contribution >= 0.6 is 0 Å². The lowest BCUT2D eigenvalue weighted by atomic mass is 10.1. The predicted molar refractivity (Wildman–Crippen MR) is 171 cm³/mol. The topological polar surface area (TPSA) is 47.6 Å². The Bertz CT molecular complexity index is 439. The second kappa shape index (κ2) is 33.6. The largest absolute Gasteiger partial charge is 0.381 e. The van der Waals surface area contributed by atoms with Gasteiger partial charge >= 0.3 is 0 Å². The van der Waals surface area contributed by atoms with Crippen LogP contribution in [0.3, 0.4) is 0 Å². The molecule has 0 aliphatic carbocycles. The molecule has 0 aliphatic heterocycles. The van der Waals surface area contributed by atoms with Crippen molar-refractivity contribution in [3.05, 3.63) is 0 Å². The van der Waals surface area contributed by atoms with Crippen LogP contribution in [0.4, 0.5) is 0 Å². The smallest absolute Gasteiger partial charge is 0.219 e. The Morgan fingerprint density at radius 2 is 0.795 bits per heavy atom. The first-order valence-corrected chi connectivity index (χ1v) is 17.7. The Labute approximate surface area is 245 Å². The summed E-state index contributed by atoms with van der Waals surface area (Å²) in [6.07, 6.45) is 33.3. The van der Waals surface area contributed by atoms with Crippen LogP contribution in [0.2, 0.25) is 0 Å². The molecule has 0 saturated heterocycles. The van der Waals surface area contributed by atoms with Gasteiger partial charge in [-0.3, -0.25) is 4.79 Å². The van der Waals surface area contributed by atoms with E-state index in [1.165, 1.54) is 141 Å². The van der Waals surface area contributed by atoms with Crippen molar-refractivity contribution in [2.24, 2.45) is 5.92 Å². The van der Waals surface area contributed by atoms with Crippen molar-refractivity contribution in [1.29, 1.82) is 0 Å². The molecule has 0 radical (unpaired) electrons. The van der Waals surface area contributed by atoms with Crippen LogP contribution in [-0.2, 0) is 14.3 Å². The molecule has 1 N–H and O–H groups in total. The molecule has 0 fully saturated rings. The molecule has 4 nitrogen and oxygen atoms in total. The van der Waals surface area contributed by atoms with Crippen molar-refractivity contribution in [2.45, 2.75) is 181 Å². The maximum Gasteiger partial charge on any atom is 0.219 e. The third kappa shape index (κ3) is 31.8. The zero-order valence-electron chi connectivity index (χ0n) is 27.0. The summed E-state index contributed by atoms with van der Waals surface area (Å²) in [6.45, 7) is 10.1. The van der Waals surface area contributed by atoms with Gasteiger partial charge in [0.15, 0.2) is 0 Å². The Morgan fingerprint density at radius 1 is 0.487 bits per heavy atom. The molecule has 0 aromatic rings. The van der Waals surface area contributed by atoms with E-state index in [4.69, 9.17) is 9.47 Å². The number of hydrogen-bond donors (Lipinski definition) is 1. The monoisotopic (exact) mass is 554 g/mol. The molecule has 0 unspecified atom stereocenters. The number of carbonyl (C=O) groups excluding carboxylic acids is 1. The minimum Gasteiger partial charge on any atom is -0.381 e. The highest BCUT2D eigenvalue weighted by Crippen LogP contribution is 2.13. The zero-order chi connectivity index (χ0) is 28.5. The Balaban J connectivity index is 3.66. The number of carbonyl (C=O) groups is 1. The normalized spacial score (nSPS) is 11.5. The quantitative estimate of drug-likeness (QED) is 0.0822. The first kappa shape index (κ1) is 38.4. The number of hydrogen-bond acceptors (Lipinski definition) is 3. The fourth-order valence-corrected chi connectivity index (χ4v) is 5.14. The highest BCUT2D eigenvalue weighted by atomic mass is 16.5. The summed E-state index contributed by atoms with van der Waals surface area (Å²) in [5.74, 6) is 0.358. The van der Waals surface area contributed by atoms with E-state index in [2.05, 4.69) is 19.2 Å². The van der Waals surface area contributed by atoms with Crippen molar-refractivity contribution >= 4 is 5.91 Å². The lowest BCUT2D eigenvalue weighted by Gasteiger charge is -2.18. The van der Waals surface area contributed by atoms with Gasteiger partial charge in [-0.1, -0.05) is 162 Å². The van der Waals surface area contributed by atoms with Gasteiger partial charge in [0, 0.05) is 32.1 Å². The molecule has 0 spiro atoms. The maximum atomic E-state index is 11.7. The second-order valence-electron chi connectivity index (χ2n) is 12.0. The predicted octanol–water partition coefficient (Wildman–Crippen LogP) is 10.6. The fourth-order valence-electron chi connectivity index (χ4n) is 5.14. The van der Waals surface area contributed by atoms with Crippen LogP contribution in [0.1, 0.15) is 181 Å². The van der Waals surface area contributed by atoms with E-state index in [1.807, 2.05) is 6.92 Å². The summed E-state index contributed by atoms with van der Waals surface area (Å²) < 4.78 is 12.0. The maximum absolute atomic E-state index is 11.7. The molecule has 0 aromatic heterocycles. The van der Waals surface area contributed by atoms with Crippen LogP contribution in [0, 0.1) is 5.92 Å². The van der Waals surface area contributed by atoms with Gasteiger partial charge in [0.05, 0.1) is 13.2 Å². The summed E-state index contributed by atoms with van der Waals surface area (Å²) >= 11 is 0. The minimum atomic E-state index is 0.113. The lowest BCUT2D eigenvalue weighted by molar-refractivity contribution is -0.121. The third-order valence-corrected chi connectivity index (χ3v) is 7.90. The van der Waals surface area contributed by atoms with Crippen LogP contribution < -0.4 is 5.32 Å². The molecule has 4 heteroatoms. The molecule has 0 aliphatic rings. The van der Waals surface area contributed by atoms with Crippen LogP contribution in [0.5, 0.6) is 0 Å². The van der Waals surface area contributed by atoms with Crippen LogP contribution in [-0.4, -0.2) is 38.9 Å². The summed E-state index contributed by atoms with van der Waals surface area (Å²) in [7, 11) is 0. The molecule has 0 saturated carbocycles. The van der Waals surface area contributed by atoms with Crippen LogP contribution in [0.25, 0.3) is 0 Å². The molecular formula is C35H71NO3. The number of unbranched alkanes of at least 4 members (excludes halogenated alkanes) is 22. The van der Waals surface area contributed by atoms with Crippen molar-refractivity contribution in [3.8, 4) is 0 Å². The standard InChI is InChI=1S/C35H71NO3/c1-4-7-9-11-13-15-17-19-21-23-25-27-29-38-32-34(31-36-35(37)6-3)33-39-30-28-26-24-22-20-18-16-14-12-10-8-5-2/h34H,4-33H2,1-3H3,(H,36,37). The van der Waals surface area contributed by atoms with Crippen LogP contribution in [0.15, 0.2) is 0 Å². The van der Waals surface area contributed by atoms with Gasteiger partial charge in [-0.25, -0.2) is 0 Å². The summed E-state index contributed by atoms with van der Waals surface area (Å²) in [6, 6.07) is 0. The van der Waals surface area contributed by atoms with Gasteiger partial charge in [0.1, 0.15) is 0 Å². The first-order chi connectivity index (χ1) is 19.2. The number of ether oxygens (including phenoxy) is 2. The molecule has 0 rings (SSSR count). The second-order valence-corrected chi connectivity index (χ2v) is 12.0. The SMILES string of the molecule is CCCCCCCCCCCCCCOCC(CNC(=O)CC)COCCCCCCCCCCCCCC. The minimum absolute atomic E-state index is 0.113. The van der Waals surface area contributed by atoms with E-state index in [9.17, 15) is 4.79 Å². The molecule has 0 bridgehead atoms. The lowest BCUT2D eigenvalue weighted by Crippen LogP contribution is -2.33. The molecule has 39 heavy (non-hydrogen) atoms. The molecule has 234 valence electrons. The van der Waals surface area contributed by atoms with Gasteiger partial charge in [0.25, 0.3) is 0 Å². The van der Waals surface area contributed by atoms with Crippen molar-refractivity contribution in [2.75, 3.05) is 33.0 Å². The van der Waals surface area contributed by atoms with E-state index in [-0.39, 0.29) is 11.8 Å². The van der Waals surface area contributed by atoms with Crippen molar-refractivity contribution in [1.82, 2.24) is 5.32 Å². The molecule has 0 heterocycles. The van der Waals surface area contributed by atoms with Crippen molar-refractivity contribution < 1.29 is 14.3 Å². The molecule has 1 amide bonds. The fraction of sp³-hybridized carbons (Fsp3) is 0.971. The molecule has 0 atom stereocenters. The summed E-state index contributed by atoms with van der Waals surface area (Å²) in [5.41, 5.74) is 0. The van der Waals surface area contributed by atoms with E-state index >= 15 is 0 Å². The Hall–Kier alpha value is -0.610. The first-order valence-electron chi connectivity index (χ1n) is 17.7. The van der Waals surface area contributed by atoms with Gasteiger partial charge in [-0.15, -0.1) is 0 Å². The van der Waals surface area contributed by atoms with E-state index in [1.54, 1.807) is 0 Å². The van der Waals surface area contributed by atoms with E-state index in [0.29, 0.717) is 26.2 Å². The number of nitrogens with one attached hydrogen (secondary N) is 1. The summed E-state index contributed by atoms with van der Waals surface area (Å²) in [4.78, 5) is 11.7. The van der Waals surface area contributed by atoms with Gasteiger partial charge in [-0.2, -0.15) is 0 Å². The average Bonchev–Trinajstić information content (AvgIpc) is 2.95. The molecular weight excluding hydrogens is 482 g/mol. The van der Waals surface area contributed by atoms with E-state index < -0.39 is 0 Å². The van der Waals surface area contributed by atoms with Gasteiger partial charge < -0.3 is 14.8 Å². The average molecular weight is 554 g/mol. The number of rotatable bonds is 33. The molecule has 0 aromatic carbocycles. The third-order valence-electron chi connectivity index (χ3n) is 7.90. The summed E-state index contributed by atoms with van der Waals surface area (Å²) in [5, 5.41) is 3.03.